The van der Waals surface area contributed by atoms with E-state index in [0.717, 1.165) is 11.4 Å². The van der Waals surface area contributed by atoms with Crippen molar-refractivity contribution >= 4 is 17.3 Å². The number of hydrogen-bond acceptors (Lipinski definition) is 2. The van der Waals surface area contributed by atoms with Crippen LogP contribution in [-0.4, -0.2) is 7.11 Å². The second-order valence-electron chi connectivity index (χ2n) is 4.12. The van der Waals surface area contributed by atoms with Crippen LogP contribution in [0, 0.1) is 0 Å². The fourth-order valence-corrected chi connectivity index (χ4v) is 2.02. The second-order valence-corrected chi connectivity index (χ2v) is 4.56. The highest BCUT2D eigenvalue weighted by atomic mass is 35.5. The molecule has 0 saturated heterocycles. The molecule has 0 bridgehead atoms. The average Bonchev–Trinajstić information content (AvgIpc) is 2.40. The van der Waals surface area contributed by atoms with Crippen molar-refractivity contribution in [1.82, 2.24) is 0 Å². The molecule has 1 N–H and O–H groups in total. The average molecular weight is 262 g/mol. The van der Waals surface area contributed by atoms with Crippen LogP contribution in [0.25, 0.3) is 0 Å². The van der Waals surface area contributed by atoms with E-state index < -0.39 is 0 Å². The molecule has 1 unspecified atom stereocenters. The van der Waals surface area contributed by atoms with Crippen molar-refractivity contribution in [2.45, 2.75) is 13.0 Å². The highest BCUT2D eigenvalue weighted by Crippen LogP contribution is 2.30. The van der Waals surface area contributed by atoms with Gasteiger partial charge < -0.3 is 10.1 Å². The zero-order chi connectivity index (χ0) is 13.0. The van der Waals surface area contributed by atoms with Gasteiger partial charge in [0.25, 0.3) is 0 Å². The molecule has 0 aliphatic carbocycles. The highest BCUT2D eigenvalue weighted by molar-refractivity contribution is 6.30. The number of ether oxygens (including phenoxy) is 1. The Hall–Kier alpha value is -1.67. The molecule has 0 spiro atoms. The first-order chi connectivity index (χ1) is 8.70. The van der Waals surface area contributed by atoms with E-state index in [9.17, 15) is 0 Å². The Morgan fingerprint density at radius 2 is 1.83 bits per heavy atom. The summed E-state index contributed by atoms with van der Waals surface area (Å²) in [7, 11) is 1.65. The van der Waals surface area contributed by atoms with Crippen LogP contribution in [0.3, 0.4) is 0 Å². The monoisotopic (exact) mass is 261 g/mol. The highest BCUT2D eigenvalue weighted by Gasteiger charge is 2.09. The van der Waals surface area contributed by atoms with Crippen molar-refractivity contribution in [3.8, 4) is 5.75 Å². The van der Waals surface area contributed by atoms with Crippen LogP contribution >= 0.6 is 11.6 Å². The topological polar surface area (TPSA) is 21.3 Å². The molecule has 2 aromatic carbocycles. The molecular formula is C15H16ClNO. The number of halogens is 1. The van der Waals surface area contributed by atoms with Crippen LogP contribution in [0.1, 0.15) is 18.5 Å². The molecule has 0 aliphatic heterocycles. The predicted octanol–water partition coefficient (Wildman–Crippen LogP) is 4.52. The molecule has 0 heterocycles. The summed E-state index contributed by atoms with van der Waals surface area (Å²) in [5.41, 5.74) is 2.13. The Balaban J connectivity index is 2.21. The Morgan fingerprint density at radius 3 is 2.50 bits per heavy atom. The first kappa shape index (κ1) is 12.8. The second kappa shape index (κ2) is 5.78. The van der Waals surface area contributed by atoms with Crippen LogP contribution in [0.2, 0.25) is 5.02 Å². The maximum Gasteiger partial charge on any atom is 0.142 e. The van der Waals surface area contributed by atoms with Gasteiger partial charge in [-0.15, -0.1) is 0 Å². The number of hydrogen-bond donors (Lipinski definition) is 1. The fraction of sp³-hybridized carbons (Fsp3) is 0.200. The van der Waals surface area contributed by atoms with Gasteiger partial charge in [-0.2, -0.15) is 0 Å². The van der Waals surface area contributed by atoms with E-state index in [0.29, 0.717) is 5.02 Å². The normalized spacial score (nSPS) is 11.9. The standard InChI is InChI=1S/C15H16ClNO/c1-11(12-6-4-3-5-7-12)17-14-10-13(16)8-9-15(14)18-2/h3-11,17H,1-2H3. The molecule has 3 heteroatoms. The van der Waals surface area contributed by atoms with Gasteiger partial charge in [0.15, 0.2) is 0 Å². The van der Waals surface area contributed by atoms with Crippen molar-refractivity contribution < 1.29 is 4.74 Å². The Morgan fingerprint density at radius 1 is 1.11 bits per heavy atom. The first-order valence-corrected chi connectivity index (χ1v) is 6.23. The summed E-state index contributed by atoms with van der Waals surface area (Å²) in [5.74, 6) is 0.794. The van der Waals surface area contributed by atoms with Crippen molar-refractivity contribution in [2.24, 2.45) is 0 Å². The van der Waals surface area contributed by atoms with Gasteiger partial charge in [0.1, 0.15) is 5.75 Å². The van der Waals surface area contributed by atoms with Gasteiger partial charge in [-0.25, -0.2) is 0 Å². The number of benzene rings is 2. The first-order valence-electron chi connectivity index (χ1n) is 5.85. The predicted molar refractivity (Wildman–Crippen MR) is 76.5 cm³/mol. The maximum absolute atomic E-state index is 6.01. The van der Waals surface area contributed by atoms with Gasteiger partial charge in [0.05, 0.1) is 12.8 Å². The lowest BCUT2D eigenvalue weighted by Crippen LogP contribution is -2.07. The van der Waals surface area contributed by atoms with E-state index in [4.69, 9.17) is 16.3 Å². The quantitative estimate of drug-likeness (QED) is 0.874. The summed E-state index contributed by atoms with van der Waals surface area (Å²) >= 11 is 6.01. The van der Waals surface area contributed by atoms with Crippen molar-refractivity contribution in [2.75, 3.05) is 12.4 Å². The van der Waals surface area contributed by atoms with Crippen molar-refractivity contribution in [1.29, 1.82) is 0 Å². The molecule has 0 saturated carbocycles. The summed E-state index contributed by atoms with van der Waals surface area (Å²) in [6.07, 6.45) is 0. The number of rotatable bonds is 4. The van der Waals surface area contributed by atoms with Gasteiger partial charge in [0, 0.05) is 11.1 Å². The van der Waals surface area contributed by atoms with E-state index in [1.54, 1.807) is 7.11 Å². The van der Waals surface area contributed by atoms with Crippen LogP contribution in [0.5, 0.6) is 5.75 Å². The van der Waals surface area contributed by atoms with E-state index in [2.05, 4.69) is 24.4 Å². The molecule has 0 aromatic heterocycles. The van der Waals surface area contributed by atoms with Gasteiger partial charge in [-0.3, -0.25) is 0 Å². The van der Waals surface area contributed by atoms with E-state index >= 15 is 0 Å². The van der Waals surface area contributed by atoms with Crippen LogP contribution < -0.4 is 10.1 Å². The lowest BCUT2D eigenvalue weighted by atomic mass is 10.1. The molecule has 2 rings (SSSR count). The third-order valence-electron chi connectivity index (χ3n) is 2.83. The number of nitrogens with one attached hydrogen (secondary N) is 1. The Kier molecular flexibility index (Phi) is 4.11. The van der Waals surface area contributed by atoms with E-state index in [1.807, 2.05) is 36.4 Å². The summed E-state index contributed by atoms with van der Waals surface area (Å²) in [4.78, 5) is 0. The van der Waals surface area contributed by atoms with Crippen LogP contribution in [-0.2, 0) is 0 Å². The van der Waals surface area contributed by atoms with Crippen molar-refractivity contribution in [3.63, 3.8) is 0 Å². The minimum atomic E-state index is 0.193. The third kappa shape index (κ3) is 2.96. The zero-order valence-electron chi connectivity index (χ0n) is 10.5. The van der Waals surface area contributed by atoms with E-state index in [1.165, 1.54) is 5.56 Å². The molecule has 0 amide bonds. The molecule has 18 heavy (non-hydrogen) atoms. The van der Waals surface area contributed by atoms with E-state index in [-0.39, 0.29) is 6.04 Å². The largest absolute Gasteiger partial charge is 0.495 e. The molecule has 0 aliphatic rings. The molecule has 0 radical (unpaired) electrons. The summed E-state index contributed by atoms with van der Waals surface area (Å²) in [6.45, 7) is 2.11. The summed E-state index contributed by atoms with van der Waals surface area (Å²) in [5, 5.41) is 4.10. The molecule has 2 nitrogen and oxygen atoms in total. The maximum atomic E-state index is 6.01. The fourth-order valence-electron chi connectivity index (χ4n) is 1.85. The number of methoxy groups -OCH3 is 1. The lowest BCUT2D eigenvalue weighted by molar-refractivity contribution is 0.416. The third-order valence-corrected chi connectivity index (χ3v) is 3.07. The van der Waals surface area contributed by atoms with Gasteiger partial charge in [0.2, 0.25) is 0 Å². The smallest absolute Gasteiger partial charge is 0.142 e. The van der Waals surface area contributed by atoms with Crippen LogP contribution in [0.15, 0.2) is 48.5 Å². The number of anilines is 1. The summed E-state index contributed by atoms with van der Waals surface area (Å²) < 4.78 is 5.32. The SMILES string of the molecule is COc1ccc(Cl)cc1NC(C)c1ccccc1. The van der Waals surface area contributed by atoms with Crippen molar-refractivity contribution in [3.05, 3.63) is 59.1 Å². The minimum absolute atomic E-state index is 0.193. The van der Waals surface area contributed by atoms with Gasteiger partial charge in [-0.1, -0.05) is 41.9 Å². The minimum Gasteiger partial charge on any atom is -0.495 e. The summed E-state index contributed by atoms with van der Waals surface area (Å²) in [6, 6.07) is 16.0. The lowest BCUT2D eigenvalue weighted by Gasteiger charge is -2.18. The Labute approximate surface area is 113 Å². The van der Waals surface area contributed by atoms with Crippen LogP contribution in [0.4, 0.5) is 5.69 Å². The molecule has 1 atom stereocenters. The Bertz CT molecular complexity index is 513. The molecule has 0 fully saturated rings. The zero-order valence-corrected chi connectivity index (χ0v) is 11.2. The van der Waals surface area contributed by atoms with Gasteiger partial charge in [-0.05, 0) is 30.7 Å². The van der Waals surface area contributed by atoms with Gasteiger partial charge >= 0.3 is 0 Å². The molecular weight excluding hydrogens is 246 g/mol. The molecule has 94 valence electrons. The molecule has 2 aromatic rings.